The summed E-state index contributed by atoms with van der Waals surface area (Å²) in [4.78, 5) is 13.7. The highest BCUT2D eigenvalue weighted by molar-refractivity contribution is 5.87. The van der Waals surface area contributed by atoms with E-state index in [1.807, 2.05) is 0 Å². The Labute approximate surface area is 87.5 Å². The number of benzene rings is 1. The first kappa shape index (κ1) is 10.5. The third-order valence-corrected chi connectivity index (χ3v) is 1.99. The Kier molecular flexibility index (Phi) is 2.34. The van der Waals surface area contributed by atoms with E-state index in [0.717, 1.165) is 6.07 Å². The van der Waals surface area contributed by atoms with Crippen LogP contribution in [0.2, 0.25) is 0 Å². The smallest absolute Gasteiger partial charge is 0.405 e. The standard InChI is InChI=1S/C10H6F3NO2/c11-10(12,13)16-7-3-1-2-6-4-5-14-9(15)8(6)7/h1-5H,(H,14,15). The number of hydrogen-bond acceptors (Lipinski definition) is 2. The number of alkyl halides is 3. The molecule has 0 atom stereocenters. The number of ether oxygens (including phenoxy) is 1. The van der Waals surface area contributed by atoms with Gasteiger partial charge in [-0.3, -0.25) is 4.79 Å². The summed E-state index contributed by atoms with van der Waals surface area (Å²) in [6, 6.07) is 5.53. The average Bonchev–Trinajstić information content (AvgIpc) is 2.15. The highest BCUT2D eigenvalue weighted by Crippen LogP contribution is 2.27. The van der Waals surface area contributed by atoms with Crippen molar-refractivity contribution in [3.05, 3.63) is 40.8 Å². The molecule has 1 aromatic heterocycles. The number of halogens is 3. The van der Waals surface area contributed by atoms with Gasteiger partial charge in [-0.1, -0.05) is 12.1 Å². The number of aromatic amines is 1. The second-order valence-corrected chi connectivity index (χ2v) is 3.07. The first-order valence-electron chi connectivity index (χ1n) is 4.33. The molecule has 2 aromatic rings. The summed E-state index contributed by atoms with van der Waals surface area (Å²) in [7, 11) is 0. The lowest BCUT2D eigenvalue weighted by Gasteiger charge is -2.10. The molecule has 0 radical (unpaired) electrons. The van der Waals surface area contributed by atoms with Gasteiger partial charge in [0.2, 0.25) is 0 Å². The van der Waals surface area contributed by atoms with Crippen LogP contribution in [0, 0.1) is 0 Å². The van der Waals surface area contributed by atoms with Gasteiger partial charge in [0.1, 0.15) is 5.75 Å². The van der Waals surface area contributed by atoms with E-state index < -0.39 is 17.7 Å². The maximum atomic E-state index is 12.1. The summed E-state index contributed by atoms with van der Waals surface area (Å²) in [6.45, 7) is 0. The summed E-state index contributed by atoms with van der Waals surface area (Å²) in [6.07, 6.45) is -3.45. The lowest BCUT2D eigenvalue weighted by atomic mass is 10.1. The maximum absolute atomic E-state index is 12.1. The molecule has 0 aliphatic heterocycles. The number of pyridine rings is 1. The van der Waals surface area contributed by atoms with Crippen molar-refractivity contribution in [2.75, 3.05) is 0 Å². The molecule has 6 heteroatoms. The van der Waals surface area contributed by atoms with Gasteiger partial charge in [0.15, 0.2) is 0 Å². The van der Waals surface area contributed by atoms with Gasteiger partial charge in [-0.05, 0) is 17.5 Å². The van der Waals surface area contributed by atoms with Crippen LogP contribution in [0.5, 0.6) is 5.75 Å². The van der Waals surface area contributed by atoms with Gasteiger partial charge in [0, 0.05) is 6.20 Å². The predicted octanol–water partition coefficient (Wildman–Crippen LogP) is 2.43. The topological polar surface area (TPSA) is 42.1 Å². The van der Waals surface area contributed by atoms with Crippen LogP contribution in [0.4, 0.5) is 13.2 Å². The van der Waals surface area contributed by atoms with Crippen molar-refractivity contribution in [2.24, 2.45) is 0 Å². The van der Waals surface area contributed by atoms with Crippen LogP contribution in [-0.2, 0) is 0 Å². The van der Waals surface area contributed by atoms with Crippen LogP contribution in [-0.4, -0.2) is 11.3 Å². The van der Waals surface area contributed by atoms with E-state index in [-0.39, 0.29) is 5.39 Å². The van der Waals surface area contributed by atoms with Crippen molar-refractivity contribution in [2.45, 2.75) is 6.36 Å². The molecule has 0 saturated heterocycles. The number of H-pyrrole nitrogens is 1. The van der Waals surface area contributed by atoms with Gasteiger partial charge in [0.05, 0.1) is 5.39 Å². The van der Waals surface area contributed by atoms with E-state index in [9.17, 15) is 18.0 Å². The Bertz CT molecular complexity index is 569. The quantitative estimate of drug-likeness (QED) is 0.815. The fraction of sp³-hybridized carbons (Fsp3) is 0.100. The van der Waals surface area contributed by atoms with Crippen LogP contribution < -0.4 is 10.3 Å². The second-order valence-electron chi connectivity index (χ2n) is 3.07. The fourth-order valence-electron chi connectivity index (χ4n) is 1.42. The summed E-state index contributed by atoms with van der Waals surface area (Å²) < 4.78 is 40.0. The largest absolute Gasteiger partial charge is 0.573 e. The van der Waals surface area contributed by atoms with Gasteiger partial charge in [-0.2, -0.15) is 0 Å². The zero-order chi connectivity index (χ0) is 11.8. The molecule has 1 N–H and O–H groups in total. The number of nitrogens with one attached hydrogen (secondary N) is 1. The van der Waals surface area contributed by atoms with Crippen molar-refractivity contribution in [3.8, 4) is 5.75 Å². The Morgan fingerprint density at radius 2 is 1.94 bits per heavy atom. The summed E-state index contributed by atoms with van der Waals surface area (Å²) >= 11 is 0. The molecule has 1 aromatic carbocycles. The maximum Gasteiger partial charge on any atom is 0.573 e. The number of hydrogen-bond donors (Lipinski definition) is 1. The molecule has 0 bridgehead atoms. The number of aromatic nitrogens is 1. The molecule has 0 aliphatic rings. The SMILES string of the molecule is O=c1[nH]ccc2cccc(OC(F)(F)F)c12. The third kappa shape index (κ3) is 2.00. The van der Waals surface area contributed by atoms with Crippen molar-refractivity contribution in [1.82, 2.24) is 4.98 Å². The van der Waals surface area contributed by atoms with Gasteiger partial charge in [-0.25, -0.2) is 0 Å². The highest BCUT2D eigenvalue weighted by atomic mass is 19.4. The van der Waals surface area contributed by atoms with E-state index in [1.54, 1.807) is 0 Å². The monoisotopic (exact) mass is 229 g/mol. The average molecular weight is 229 g/mol. The third-order valence-electron chi connectivity index (χ3n) is 1.99. The van der Waals surface area contributed by atoms with Gasteiger partial charge < -0.3 is 9.72 Å². The van der Waals surface area contributed by atoms with Crippen LogP contribution in [0.25, 0.3) is 10.8 Å². The van der Waals surface area contributed by atoms with Crippen molar-refractivity contribution in [1.29, 1.82) is 0 Å². The van der Waals surface area contributed by atoms with E-state index in [0.29, 0.717) is 5.39 Å². The Morgan fingerprint density at radius 3 is 2.62 bits per heavy atom. The van der Waals surface area contributed by atoms with E-state index in [1.165, 1.54) is 24.4 Å². The van der Waals surface area contributed by atoms with Crippen molar-refractivity contribution < 1.29 is 17.9 Å². The molecular weight excluding hydrogens is 223 g/mol. The predicted molar refractivity (Wildman–Crippen MR) is 51.3 cm³/mol. The second kappa shape index (κ2) is 3.55. The molecule has 0 amide bonds. The summed E-state index contributed by atoms with van der Waals surface area (Å²) in [5.41, 5.74) is -0.614. The van der Waals surface area contributed by atoms with E-state index in [2.05, 4.69) is 9.72 Å². The number of rotatable bonds is 1. The zero-order valence-electron chi connectivity index (χ0n) is 7.84. The molecule has 1 heterocycles. The molecule has 84 valence electrons. The van der Waals surface area contributed by atoms with Gasteiger partial charge in [-0.15, -0.1) is 13.2 Å². The molecule has 0 aliphatic carbocycles. The molecule has 0 fully saturated rings. The summed E-state index contributed by atoms with van der Waals surface area (Å²) in [5, 5.41) is 0.285. The minimum Gasteiger partial charge on any atom is -0.405 e. The van der Waals surface area contributed by atoms with Crippen LogP contribution in [0.15, 0.2) is 35.3 Å². The molecule has 0 saturated carbocycles. The van der Waals surface area contributed by atoms with Gasteiger partial charge in [0.25, 0.3) is 5.56 Å². The lowest BCUT2D eigenvalue weighted by Crippen LogP contribution is -2.19. The Balaban J connectivity index is 2.66. The number of fused-ring (bicyclic) bond motifs is 1. The molecule has 0 unspecified atom stereocenters. The molecule has 0 spiro atoms. The molecule has 2 rings (SSSR count). The van der Waals surface area contributed by atoms with Crippen LogP contribution >= 0.6 is 0 Å². The van der Waals surface area contributed by atoms with Gasteiger partial charge >= 0.3 is 6.36 Å². The highest BCUT2D eigenvalue weighted by Gasteiger charge is 2.32. The lowest BCUT2D eigenvalue weighted by molar-refractivity contribution is -0.274. The molecular formula is C10H6F3NO2. The van der Waals surface area contributed by atoms with Crippen molar-refractivity contribution in [3.63, 3.8) is 0 Å². The van der Waals surface area contributed by atoms with E-state index in [4.69, 9.17) is 0 Å². The first-order valence-corrected chi connectivity index (χ1v) is 4.33. The normalized spacial score (nSPS) is 11.7. The van der Waals surface area contributed by atoms with Crippen LogP contribution in [0.1, 0.15) is 0 Å². The Hall–Kier alpha value is -1.98. The minimum atomic E-state index is -4.81. The molecule has 3 nitrogen and oxygen atoms in total. The first-order chi connectivity index (χ1) is 7.47. The van der Waals surface area contributed by atoms with E-state index >= 15 is 0 Å². The zero-order valence-corrected chi connectivity index (χ0v) is 7.84. The minimum absolute atomic E-state index is 0.109. The molecule has 16 heavy (non-hydrogen) atoms. The van der Waals surface area contributed by atoms with Crippen molar-refractivity contribution >= 4 is 10.8 Å². The fourth-order valence-corrected chi connectivity index (χ4v) is 1.42. The summed E-state index contributed by atoms with van der Waals surface area (Å²) in [5.74, 6) is -0.494. The Morgan fingerprint density at radius 1 is 1.19 bits per heavy atom. The van der Waals surface area contributed by atoms with Crippen LogP contribution in [0.3, 0.4) is 0 Å².